The molecule has 166 valence electrons. The van der Waals surface area contributed by atoms with E-state index in [2.05, 4.69) is 25.7 Å². The molecule has 9 nitrogen and oxygen atoms in total. The van der Waals surface area contributed by atoms with Gasteiger partial charge in [0.1, 0.15) is 11.6 Å². The maximum atomic E-state index is 13.5. The van der Waals surface area contributed by atoms with Gasteiger partial charge >= 0.3 is 0 Å². The van der Waals surface area contributed by atoms with Crippen molar-refractivity contribution in [2.75, 3.05) is 6.61 Å². The van der Waals surface area contributed by atoms with E-state index in [0.717, 1.165) is 38.2 Å². The summed E-state index contributed by atoms with van der Waals surface area (Å²) in [6.45, 7) is -0.186. The average Bonchev–Trinajstić information content (AvgIpc) is 3.36. The van der Waals surface area contributed by atoms with Crippen molar-refractivity contribution in [2.24, 2.45) is 0 Å². The van der Waals surface area contributed by atoms with Crippen molar-refractivity contribution >= 4 is 17.5 Å². The molecule has 2 aromatic heterocycles. The number of hydrogen-bond donors (Lipinski definition) is 1. The van der Waals surface area contributed by atoms with E-state index in [1.807, 2.05) is 0 Å². The Bertz CT molecular complexity index is 1160. The lowest BCUT2D eigenvalue weighted by molar-refractivity contribution is -0.143. The van der Waals surface area contributed by atoms with Gasteiger partial charge in [-0.15, -0.1) is 10.2 Å². The summed E-state index contributed by atoms with van der Waals surface area (Å²) in [6, 6.07) is 4.36. The van der Waals surface area contributed by atoms with Crippen LogP contribution in [0.25, 0.3) is 0 Å². The minimum atomic E-state index is -0.583. The predicted octanol–water partition coefficient (Wildman–Crippen LogP) is 2.94. The first-order valence-corrected chi connectivity index (χ1v) is 10.9. The zero-order valence-corrected chi connectivity index (χ0v) is 17.8. The van der Waals surface area contributed by atoms with Gasteiger partial charge in [-0.3, -0.25) is 4.79 Å². The Morgan fingerprint density at radius 1 is 1.25 bits per heavy atom. The van der Waals surface area contributed by atoms with Crippen LogP contribution in [0.2, 0.25) is 5.02 Å². The van der Waals surface area contributed by atoms with Gasteiger partial charge in [0.25, 0.3) is 5.91 Å². The number of carbonyl (C=O) groups excluding carboxylic acids is 1. The van der Waals surface area contributed by atoms with E-state index in [-0.39, 0.29) is 46.2 Å². The molecule has 1 amide bonds. The molecule has 4 saturated carbocycles. The van der Waals surface area contributed by atoms with E-state index < -0.39 is 5.82 Å². The average molecular weight is 459 g/mol. The Balaban J connectivity index is 0.993. The summed E-state index contributed by atoms with van der Waals surface area (Å²) in [7, 11) is 0. The first-order chi connectivity index (χ1) is 15.4. The number of amides is 1. The number of ether oxygens (including phenoxy) is 1. The molecule has 0 saturated heterocycles. The number of benzene rings is 1. The smallest absolute Gasteiger partial charge is 0.258 e. The van der Waals surface area contributed by atoms with Crippen LogP contribution in [0.5, 0.6) is 5.75 Å². The fraction of sp³-hybridized carbons (Fsp3) is 0.476. The van der Waals surface area contributed by atoms with Crippen molar-refractivity contribution in [3.8, 4) is 5.75 Å². The van der Waals surface area contributed by atoms with E-state index >= 15 is 0 Å². The minimum Gasteiger partial charge on any atom is -0.484 e. The highest BCUT2D eigenvalue weighted by atomic mass is 35.5. The van der Waals surface area contributed by atoms with Crippen LogP contribution >= 0.6 is 11.6 Å². The molecule has 11 heteroatoms. The third-order valence-electron chi connectivity index (χ3n) is 6.82. The van der Waals surface area contributed by atoms with E-state index in [4.69, 9.17) is 20.8 Å². The second-order valence-electron chi connectivity index (χ2n) is 9.12. The van der Waals surface area contributed by atoms with Crippen LogP contribution in [-0.4, -0.2) is 43.2 Å². The molecule has 0 unspecified atom stereocenters. The van der Waals surface area contributed by atoms with Gasteiger partial charge in [0.05, 0.1) is 28.9 Å². The van der Waals surface area contributed by atoms with Crippen molar-refractivity contribution in [1.82, 2.24) is 30.5 Å². The Labute approximate surface area is 187 Å². The van der Waals surface area contributed by atoms with Crippen molar-refractivity contribution < 1.29 is 18.3 Å². The first-order valence-electron chi connectivity index (χ1n) is 10.5. The lowest BCUT2D eigenvalue weighted by Crippen LogP contribution is -2.77. The van der Waals surface area contributed by atoms with Crippen molar-refractivity contribution in [2.45, 2.75) is 55.0 Å². The number of nitrogens with zero attached hydrogens (tertiary/aromatic N) is 5. The quantitative estimate of drug-likeness (QED) is 0.579. The van der Waals surface area contributed by atoms with Crippen molar-refractivity contribution in [3.05, 3.63) is 53.2 Å². The summed E-state index contributed by atoms with van der Waals surface area (Å²) in [5.41, 5.74) is -0.376. The Hall–Kier alpha value is -3.01. The number of carbonyl (C=O) groups is 1. The maximum Gasteiger partial charge on any atom is 0.258 e. The first kappa shape index (κ1) is 19.7. The van der Waals surface area contributed by atoms with Crippen molar-refractivity contribution in [1.29, 1.82) is 0 Å². The van der Waals surface area contributed by atoms with Gasteiger partial charge in [-0.05, 0) is 44.2 Å². The number of hydrogen-bond acceptors (Lipinski definition) is 7. The highest BCUT2D eigenvalue weighted by Crippen LogP contribution is 2.67. The zero-order chi connectivity index (χ0) is 21.9. The third kappa shape index (κ3) is 3.16. The molecule has 32 heavy (non-hydrogen) atoms. The van der Waals surface area contributed by atoms with Gasteiger partial charge in [-0.1, -0.05) is 11.6 Å². The second-order valence-corrected chi connectivity index (χ2v) is 9.53. The molecule has 7 rings (SSSR count). The number of rotatable bonds is 7. The van der Waals surface area contributed by atoms with Gasteiger partial charge in [0.2, 0.25) is 11.8 Å². The Kier molecular flexibility index (Phi) is 4.30. The van der Waals surface area contributed by atoms with Gasteiger partial charge in [0, 0.05) is 17.5 Å². The highest BCUT2D eigenvalue weighted by Gasteiger charge is 2.71. The molecule has 4 aliphatic carbocycles. The molecule has 0 atom stereocenters. The lowest BCUT2D eigenvalue weighted by Gasteiger charge is -2.68. The standard InChI is InChI=1S/C21H20ClFN6O3/c22-15-2-1-14(7-16(15)23)31-8-17(30)26-21-9-20(10-21,11-21)19-28-27-18(32-19)12-5-13(6-12)29-24-3-4-25-29/h1-4,7,12-13H,5-6,8-11H2,(H,26,30)/t12-,13+,20?,21?. The van der Waals surface area contributed by atoms with E-state index in [0.29, 0.717) is 11.8 Å². The van der Waals surface area contributed by atoms with Crippen molar-refractivity contribution in [3.63, 3.8) is 0 Å². The van der Waals surface area contributed by atoms with Gasteiger partial charge in [-0.2, -0.15) is 15.0 Å². The highest BCUT2D eigenvalue weighted by molar-refractivity contribution is 6.30. The predicted molar refractivity (Wildman–Crippen MR) is 109 cm³/mol. The largest absolute Gasteiger partial charge is 0.484 e. The van der Waals surface area contributed by atoms with Crippen LogP contribution in [0.1, 0.15) is 55.8 Å². The fourth-order valence-electron chi connectivity index (χ4n) is 5.20. The second kappa shape index (κ2) is 6.99. The number of nitrogens with one attached hydrogen (secondary N) is 1. The zero-order valence-electron chi connectivity index (χ0n) is 17.0. The van der Waals surface area contributed by atoms with Gasteiger partial charge < -0.3 is 14.5 Å². The van der Waals surface area contributed by atoms with Gasteiger partial charge in [-0.25, -0.2) is 4.39 Å². The van der Waals surface area contributed by atoms with E-state index in [1.54, 1.807) is 17.2 Å². The molecule has 1 N–H and O–H groups in total. The van der Waals surface area contributed by atoms with Crippen LogP contribution in [-0.2, 0) is 10.2 Å². The number of halogens is 2. The molecule has 4 aliphatic rings. The third-order valence-corrected chi connectivity index (χ3v) is 7.12. The summed E-state index contributed by atoms with van der Waals surface area (Å²) in [4.78, 5) is 14.0. The molecule has 3 aromatic rings. The fourth-order valence-corrected chi connectivity index (χ4v) is 5.32. The summed E-state index contributed by atoms with van der Waals surface area (Å²) < 4.78 is 24.9. The SMILES string of the molecule is O=C(COc1ccc(Cl)c(F)c1)NC12CC(c3nnc([C@H]4C[C@@H](n5nccn5)C4)o3)(C1)C2. The summed E-state index contributed by atoms with van der Waals surface area (Å²) in [5.74, 6) is 1.01. The molecular formula is C21H20ClFN6O3. The van der Waals surface area contributed by atoms with Crippen LogP contribution < -0.4 is 10.1 Å². The van der Waals surface area contributed by atoms with E-state index in [9.17, 15) is 9.18 Å². The molecule has 0 radical (unpaired) electrons. The summed E-state index contributed by atoms with van der Waals surface area (Å²) >= 11 is 5.65. The normalized spacial score (nSPS) is 30.1. The monoisotopic (exact) mass is 458 g/mol. The topological polar surface area (TPSA) is 108 Å². The molecule has 0 spiro atoms. The van der Waals surface area contributed by atoms with Crippen LogP contribution in [0, 0.1) is 5.82 Å². The molecule has 4 fully saturated rings. The molecule has 0 aliphatic heterocycles. The minimum absolute atomic E-state index is 0.0113. The van der Waals surface area contributed by atoms with Crippen LogP contribution in [0.3, 0.4) is 0 Å². The van der Waals surface area contributed by atoms with E-state index in [1.165, 1.54) is 12.1 Å². The summed E-state index contributed by atoms with van der Waals surface area (Å²) in [6.07, 6.45) is 7.45. The number of aromatic nitrogens is 5. The lowest BCUT2D eigenvalue weighted by atomic mass is 9.39. The molecular weight excluding hydrogens is 439 g/mol. The Morgan fingerprint density at radius 3 is 2.72 bits per heavy atom. The van der Waals surface area contributed by atoms with Crippen LogP contribution in [0.4, 0.5) is 4.39 Å². The molecule has 2 bridgehead atoms. The summed E-state index contributed by atoms with van der Waals surface area (Å²) in [5, 5.41) is 20.0. The Morgan fingerprint density at radius 2 is 2.00 bits per heavy atom. The van der Waals surface area contributed by atoms with Crippen LogP contribution in [0.15, 0.2) is 35.0 Å². The van der Waals surface area contributed by atoms with Gasteiger partial charge in [0.15, 0.2) is 6.61 Å². The molecule has 1 aromatic carbocycles. The molecule has 2 heterocycles. The maximum absolute atomic E-state index is 13.5.